The van der Waals surface area contributed by atoms with Gasteiger partial charge in [0, 0.05) is 30.8 Å². The van der Waals surface area contributed by atoms with E-state index in [0.717, 1.165) is 25.1 Å². The fourth-order valence-electron chi connectivity index (χ4n) is 3.33. The Morgan fingerprint density at radius 3 is 2.58 bits per heavy atom. The third-order valence-corrected chi connectivity index (χ3v) is 4.76. The molecule has 0 saturated carbocycles. The summed E-state index contributed by atoms with van der Waals surface area (Å²) < 4.78 is 0. The summed E-state index contributed by atoms with van der Waals surface area (Å²) in [6, 6.07) is 3.38. The lowest BCUT2D eigenvalue weighted by Gasteiger charge is -2.26. The quantitative estimate of drug-likeness (QED) is 0.662. The van der Waals surface area contributed by atoms with E-state index < -0.39 is 4.92 Å². The zero-order chi connectivity index (χ0) is 17.9. The molecule has 132 valence electrons. The van der Waals surface area contributed by atoms with Crippen molar-refractivity contribution in [3.05, 3.63) is 33.4 Å². The molecule has 2 rings (SSSR count). The number of hydrogen-bond donors (Lipinski definition) is 1. The van der Waals surface area contributed by atoms with Crippen molar-refractivity contribution in [3.8, 4) is 0 Å². The number of benzene rings is 1. The van der Waals surface area contributed by atoms with Crippen molar-refractivity contribution < 1.29 is 9.72 Å². The van der Waals surface area contributed by atoms with E-state index in [9.17, 15) is 14.9 Å². The third-order valence-electron chi connectivity index (χ3n) is 4.76. The van der Waals surface area contributed by atoms with E-state index in [1.54, 1.807) is 17.9 Å². The zero-order valence-electron chi connectivity index (χ0n) is 14.8. The monoisotopic (exact) mass is 334 g/mol. The first kappa shape index (κ1) is 18.2. The van der Waals surface area contributed by atoms with Crippen LogP contribution in [-0.4, -0.2) is 53.0 Å². The number of urea groups is 1. The van der Waals surface area contributed by atoms with Crippen LogP contribution in [-0.2, 0) is 0 Å². The van der Waals surface area contributed by atoms with Gasteiger partial charge >= 0.3 is 6.03 Å². The van der Waals surface area contributed by atoms with Gasteiger partial charge in [0.15, 0.2) is 0 Å². The maximum absolute atomic E-state index is 12.5. The number of likely N-dealkylation sites (N-methyl/N-ethyl adjacent to an activating group) is 1. The molecule has 1 aromatic rings. The number of anilines is 1. The highest BCUT2D eigenvalue weighted by atomic mass is 16.6. The van der Waals surface area contributed by atoms with Crippen LogP contribution in [0.2, 0.25) is 0 Å². The number of likely N-dealkylation sites (tertiary alicyclic amines) is 1. The van der Waals surface area contributed by atoms with Gasteiger partial charge in [-0.2, -0.15) is 0 Å². The smallest absolute Gasteiger partial charge is 0.321 e. The van der Waals surface area contributed by atoms with Gasteiger partial charge in [-0.25, -0.2) is 4.79 Å². The van der Waals surface area contributed by atoms with Crippen LogP contribution < -0.4 is 5.32 Å². The van der Waals surface area contributed by atoms with Crippen LogP contribution in [0.25, 0.3) is 0 Å². The predicted octanol–water partition coefficient (Wildman–Crippen LogP) is 3.16. The molecule has 1 heterocycles. The average molecular weight is 334 g/mol. The molecular formula is C17H26N4O3. The molecule has 1 aliphatic heterocycles. The maximum Gasteiger partial charge on any atom is 0.321 e. The summed E-state index contributed by atoms with van der Waals surface area (Å²) in [5, 5.41) is 13.9. The molecule has 0 aromatic heterocycles. The van der Waals surface area contributed by atoms with Crippen LogP contribution >= 0.6 is 0 Å². The Bertz CT molecular complexity index is 629. The number of hydrogen-bond acceptors (Lipinski definition) is 4. The van der Waals surface area contributed by atoms with Crippen LogP contribution in [0.3, 0.4) is 0 Å². The van der Waals surface area contributed by atoms with E-state index >= 15 is 0 Å². The summed E-state index contributed by atoms with van der Waals surface area (Å²) in [6.45, 7) is 11.1. The second-order valence-electron chi connectivity index (χ2n) is 6.25. The molecule has 1 aromatic carbocycles. The van der Waals surface area contributed by atoms with Crippen molar-refractivity contribution in [3.63, 3.8) is 0 Å². The molecule has 7 nitrogen and oxygen atoms in total. The Balaban J connectivity index is 2.08. The first-order valence-electron chi connectivity index (χ1n) is 8.43. The van der Waals surface area contributed by atoms with Crippen molar-refractivity contribution in [2.75, 3.05) is 31.5 Å². The topological polar surface area (TPSA) is 78.7 Å². The minimum absolute atomic E-state index is 0.0262. The molecule has 1 N–H and O–H groups in total. The molecule has 7 heteroatoms. The van der Waals surface area contributed by atoms with Gasteiger partial charge < -0.3 is 10.2 Å². The third kappa shape index (κ3) is 3.84. The first-order chi connectivity index (χ1) is 11.4. The molecule has 0 aliphatic carbocycles. The molecule has 2 amide bonds. The van der Waals surface area contributed by atoms with Gasteiger partial charge in [0.05, 0.1) is 10.6 Å². The Morgan fingerprint density at radius 2 is 2.00 bits per heavy atom. The van der Waals surface area contributed by atoms with Gasteiger partial charge in [0.25, 0.3) is 5.69 Å². The normalized spacial score (nSPS) is 17.4. The van der Waals surface area contributed by atoms with E-state index in [1.807, 2.05) is 6.92 Å². The molecule has 0 spiro atoms. The molecule has 1 saturated heterocycles. The summed E-state index contributed by atoms with van der Waals surface area (Å²) >= 11 is 0. The van der Waals surface area contributed by atoms with E-state index in [2.05, 4.69) is 24.1 Å². The molecule has 24 heavy (non-hydrogen) atoms. The minimum atomic E-state index is -0.420. The molecule has 0 radical (unpaired) electrons. The number of carbonyl (C=O) groups is 1. The fraction of sp³-hybridized carbons (Fsp3) is 0.588. The highest BCUT2D eigenvalue weighted by Gasteiger charge is 2.29. The number of nitro benzene ring substituents is 1. The number of aryl methyl sites for hydroxylation is 2. The first-order valence-corrected chi connectivity index (χ1v) is 8.43. The number of nitrogens with zero attached hydrogens (tertiary/aromatic N) is 3. The number of nitrogens with one attached hydrogen (secondary N) is 1. The van der Waals surface area contributed by atoms with Gasteiger partial charge in [-0.3, -0.25) is 15.0 Å². The largest absolute Gasteiger partial charge is 0.323 e. The van der Waals surface area contributed by atoms with Gasteiger partial charge in [-0.15, -0.1) is 0 Å². The summed E-state index contributed by atoms with van der Waals surface area (Å²) in [7, 11) is 0. The molecule has 1 fully saturated rings. The molecule has 1 aliphatic rings. The lowest BCUT2D eigenvalue weighted by atomic mass is 10.1. The summed E-state index contributed by atoms with van der Waals surface area (Å²) in [5.41, 5.74) is 1.95. The predicted molar refractivity (Wildman–Crippen MR) is 94.5 cm³/mol. The van der Waals surface area contributed by atoms with Crippen LogP contribution in [0.4, 0.5) is 16.2 Å². The highest BCUT2D eigenvalue weighted by molar-refractivity contribution is 5.91. The van der Waals surface area contributed by atoms with Gasteiger partial charge in [0.1, 0.15) is 0 Å². The van der Waals surface area contributed by atoms with E-state index in [4.69, 9.17) is 0 Å². The van der Waals surface area contributed by atoms with Crippen LogP contribution in [0.15, 0.2) is 12.1 Å². The van der Waals surface area contributed by atoms with Crippen LogP contribution in [0.5, 0.6) is 0 Å². The Morgan fingerprint density at radius 1 is 1.33 bits per heavy atom. The SMILES string of the molecule is CCN(CC)C1CCN(C(=O)Nc2cc([N+](=O)[O-])c(C)cc2C)C1. The lowest BCUT2D eigenvalue weighted by molar-refractivity contribution is -0.385. The Hall–Kier alpha value is -2.15. The second kappa shape index (κ2) is 7.61. The fourth-order valence-corrected chi connectivity index (χ4v) is 3.33. The van der Waals surface area contributed by atoms with Crippen molar-refractivity contribution in [1.29, 1.82) is 0 Å². The minimum Gasteiger partial charge on any atom is -0.323 e. The van der Waals surface area contributed by atoms with Gasteiger partial charge in [-0.1, -0.05) is 13.8 Å². The van der Waals surface area contributed by atoms with Gasteiger partial charge in [-0.05, 0) is 45.0 Å². The van der Waals surface area contributed by atoms with E-state index in [1.165, 1.54) is 6.07 Å². The van der Waals surface area contributed by atoms with E-state index in [0.29, 0.717) is 30.4 Å². The zero-order valence-corrected chi connectivity index (χ0v) is 14.8. The number of amides is 2. The number of nitro groups is 1. The second-order valence-corrected chi connectivity index (χ2v) is 6.25. The van der Waals surface area contributed by atoms with Crippen molar-refractivity contribution in [2.45, 2.75) is 40.2 Å². The standard InChI is InChI=1S/C17H26N4O3/c1-5-19(6-2)14-7-8-20(11-14)17(22)18-15-10-16(21(23)24)13(4)9-12(15)3/h9-10,14H,5-8,11H2,1-4H3,(H,18,22). The van der Waals surface area contributed by atoms with Gasteiger partial charge in [0.2, 0.25) is 0 Å². The van der Waals surface area contributed by atoms with Crippen LogP contribution in [0, 0.1) is 24.0 Å². The van der Waals surface area contributed by atoms with E-state index in [-0.39, 0.29) is 11.7 Å². The summed E-state index contributed by atoms with van der Waals surface area (Å²) in [5.74, 6) is 0. The van der Waals surface area contributed by atoms with Crippen molar-refractivity contribution in [2.24, 2.45) is 0 Å². The maximum atomic E-state index is 12.5. The number of rotatable bonds is 5. The molecule has 1 unspecified atom stereocenters. The lowest BCUT2D eigenvalue weighted by Crippen LogP contribution is -2.39. The Kier molecular flexibility index (Phi) is 5.77. The summed E-state index contributed by atoms with van der Waals surface area (Å²) in [6.07, 6.45) is 0.960. The number of carbonyl (C=O) groups excluding carboxylic acids is 1. The molecular weight excluding hydrogens is 308 g/mol. The summed E-state index contributed by atoms with van der Waals surface area (Å²) in [4.78, 5) is 27.3. The van der Waals surface area contributed by atoms with Crippen LogP contribution in [0.1, 0.15) is 31.4 Å². The average Bonchev–Trinajstić information content (AvgIpc) is 3.00. The van der Waals surface area contributed by atoms with Crippen molar-refractivity contribution >= 4 is 17.4 Å². The molecule has 0 bridgehead atoms. The van der Waals surface area contributed by atoms with Crippen molar-refractivity contribution in [1.82, 2.24) is 9.80 Å². The molecule has 1 atom stereocenters. The Labute approximate surface area is 142 Å². The highest BCUT2D eigenvalue weighted by Crippen LogP contribution is 2.27.